The molecule has 5 heteroatoms. The number of carbonyl (C=O) groups is 1. The minimum absolute atomic E-state index is 0.297. The number of hydrogen-bond donors (Lipinski definition) is 0. The van der Waals surface area contributed by atoms with Crippen LogP contribution in [0.15, 0.2) is 24.3 Å². The molecule has 0 unspecified atom stereocenters. The molecule has 1 aromatic rings. The SMILES string of the molecule is COc1ccc(N2CCN(C(=O)CCCCBr)CC2)cc1. The number of rotatable bonds is 6. The van der Waals surface area contributed by atoms with Crippen LogP contribution in [-0.4, -0.2) is 49.4 Å². The summed E-state index contributed by atoms with van der Waals surface area (Å²) in [4.78, 5) is 16.4. The van der Waals surface area contributed by atoms with Crippen LogP contribution in [0, 0.1) is 0 Å². The first kappa shape index (κ1) is 16.1. The minimum atomic E-state index is 0.297. The second-order valence-electron chi connectivity index (χ2n) is 5.21. The molecule has 1 saturated heterocycles. The molecule has 1 aromatic carbocycles. The average Bonchev–Trinajstić information content (AvgIpc) is 2.55. The summed E-state index contributed by atoms with van der Waals surface area (Å²) >= 11 is 3.40. The number of amides is 1. The summed E-state index contributed by atoms with van der Waals surface area (Å²) < 4.78 is 5.18. The van der Waals surface area contributed by atoms with Crippen LogP contribution in [0.3, 0.4) is 0 Å². The van der Waals surface area contributed by atoms with Crippen LogP contribution in [-0.2, 0) is 4.79 Å². The van der Waals surface area contributed by atoms with Crippen molar-refractivity contribution in [2.75, 3.05) is 43.5 Å². The van der Waals surface area contributed by atoms with E-state index in [1.165, 1.54) is 5.69 Å². The predicted octanol–water partition coefficient (Wildman–Crippen LogP) is 2.91. The third-order valence-electron chi connectivity index (χ3n) is 3.84. The fourth-order valence-corrected chi connectivity index (χ4v) is 2.93. The maximum atomic E-state index is 12.1. The van der Waals surface area contributed by atoms with Crippen LogP contribution < -0.4 is 9.64 Å². The molecule has 1 amide bonds. The smallest absolute Gasteiger partial charge is 0.222 e. The number of alkyl halides is 1. The topological polar surface area (TPSA) is 32.8 Å². The Labute approximate surface area is 135 Å². The van der Waals surface area contributed by atoms with Gasteiger partial charge in [0.05, 0.1) is 7.11 Å². The molecule has 0 aliphatic carbocycles. The molecule has 0 saturated carbocycles. The average molecular weight is 355 g/mol. The van der Waals surface area contributed by atoms with Gasteiger partial charge in [0.25, 0.3) is 0 Å². The van der Waals surface area contributed by atoms with Gasteiger partial charge in [-0.15, -0.1) is 0 Å². The number of hydrogen-bond acceptors (Lipinski definition) is 3. The van der Waals surface area contributed by atoms with Gasteiger partial charge in [-0.2, -0.15) is 0 Å². The summed E-state index contributed by atoms with van der Waals surface area (Å²) in [5.41, 5.74) is 1.20. The fourth-order valence-electron chi connectivity index (χ4n) is 2.54. The lowest BCUT2D eigenvalue weighted by atomic mass is 10.2. The Balaban J connectivity index is 1.80. The van der Waals surface area contributed by atoms with Gasteiger partial charge >= 0.3 is 0 Å². The molecule has 0 N–H and O–H groups in total. The molecule has 1 aliphatic rings. The Morgan fingerprint density at radius 2 is 1.81 bits per heavy atom. The maximum Gasteiger partial charge on any atom is 0.222 e. The van der Waals surface area contributed by atoms with Crippen molar-refractivity contribution in [3.05, 3.63) is 24.3 Å². The first-order valence-electron chi connectivity index (χ1n) is 7.47. The van der Waals surface area contributed by atoms with E-state index >= 15 is 0 Å². The Hall–Kier alpha value is -1.23. The van der Waals surface area contributed by atoms with Crippen molar-refractivity contribution in [3.8, 4) is 5.75 Å². The number of anilines is 1. The van der Waals surface area contributed by atoms with Gasteiger partial charge in [-0.25, -0.2) is 0 Å². The van der Waals surface area contributed by atoms with Crippen molar-refractivity contribution in [1.29, 1.82) is 0 Å². The van der Waals surface area contributed by atoms with E-state index in [9.17, 15) is 4.79 Å². The van der Waals surface area contributed by atoms with Crippen molar-refractivity contribution in [1.82, 2.24) is 4.90 Å². The molecule has 0 atom stereocenters. The summed E-state index contributed by atoms with van der Waals surface area (Å²) in [6.45, 7) is 3.44. The number of nitrogens with zero attached hydrogens (tertiary/aromatic N) is 2. The van der Waals surface area contributed by atoms with E-state index in [2.05, 4.69) is 33.0 Å². The molecule has 4 nitrogen and oxygen atoms in total. The molecular weight excluding hydrogens is 332 g/mol. The van der Waals surface area contributed by atoms with Crippen LogP contribution in [0.2, 0.25) is 0 Å². The molecule has 1 aliphatic heterocycles. The number of benzene rings is 1. The summed E-state index contributed by atoms with van der Waals surface area (Å²) in [7, 11) is 1.68. The third-order valence-corrected chi connectivity index (χ3v) is 4.40. The van der Waals surface area contributed by atoms with E-state index in [0.717, 1.165) is 50.1 Å². The minimum Gasteiger partial charge on any atom is -0.497 e. The summed E-state index contributed by atoms with van der Waals surface area (Å²) in [6.07, 6.45) is 2.72. The molecule has 116 valence electrons. The van der Waals surface area contributed by atoms with E-state index in [0.29, 0.717) is 12.3 Å². The zero-order chi connectivity index (χ0) is 15.1. The molecule has 1 fully saturated rings. The number of halogens is 1. The first-order valence-corrected chi connectivity index (χ1v) is 8.59. The zero-order valence-electron chi connectivity index (χ0n) is 12.6. The third kappa shape index (κ3) is 4.63. The van der Waals surface area contributed by atoms with E-state index < -0.39 is 0 Å². The molecule has 0 bridgehead atoms. The molecule has 2 rings (SSSR count). The zero-order valence-corrected chi connectivity index (χ0v) is 14.1. The van der Waals surface area contributed by atoms with Crippen molar-refractivity contribution >= 4 is 27.5 Å². The normalized spacial score (nSPS) is 15.1. The molecule has 0 radical (unpaired) electrons. The lowest BCUT2D eigenvalue weighted by Gasteiger charge is -2.36. The Morgan fingerprint density at radius 1 is 1.14 bits per heavy atom. The van der Waals surface area contributed by atoms with Crippen molar-refractivity contribution in [2.45, 2.75) is 19.3 Å². The van der Waals surface area contributed by atoms with Crippen LogP contribution in [0.25, 0.3) is 0 Å². The van der Waals surface area contributed by atoms with E-state index in [1.807, 2.05) is 17.0 Å². The molecule has 21 heavy (non-hydrogen) atoms. The highest BCUT2D eigenvalue weighted by Crippen LogP contribution is 2.20. The number of carbonyl (C=O) groups excluding carboxylic acids is 1. The Bertz CT molecular complexity index is 442. The van der Waals surface area contributed by atoms with E-state index in [1.54, 1.807) is 7.11 Å². The van der Waals surface area contributed by atoms with Gasteiger partial charge in [0.2, 0.25) is 5.91 Å². The summed E-state index contributed by atoms with van der Waals surface area (Å²) in [5, 5.41) is 0.978. The van der Waals surface area contributed by atoms with Crippen molar-refractivity contribution in [2.24, 2.45) is 0 Å². The predicted molar refractivity (Wildman–Crippen MR) is 89.4 cm³/mol. The lowest BCUT2D eigenvalue weighted by molar-refractivity contribution is -0.131. The van der Waals surface area contributed by atoms with E-state index in [4.69, 9.17) is 4.74 Å². The highest BCUT2D eigenvalue weighted by atomic mass is 79.9. The molecule has 1 heterocycles. The first-order chi connectivity index (χ1) is 10.2. The summed E-state index contributed by atoms with van der Waals surface area (Å²) in [5.74, 6) is 1.17. The number of ether oxygens (including phenoxy) is 1. The second kappa shape index (κ2) is 8.27. The number of unbranched alkanes of at least 4 members (excludes halogenated alkanes) is 1. The second-order valence-corrected chi connectivity index (χ2v) is 6.00. The lowest BCUT2D eigenvalue weighted by Crippen LogP contribution is -2.48. The van der Waals surface area contributed by atoms with Crippen LogP contribution in [0.4, 0.5) is 5.69 Å². The van der Waals surface area contributed by atoms with Crippen molar-refractivity contribution in [3.63, 3.8) is 0 Å². The van der Waals surface area contributed by atoms with Gasteiger partial charge in [0.1, 0.15) is 5.75 Å². The Kier molecular flexibility index (Phi) is 6.36. The van der Waals surface area contributed by atoms with Crippen molar-refractivity contribution < 1.29 is 9.53 Å². The van der Waals surface area contributed by atoms with Crippen LogP contribution >= 0.6 is 15.9 Å². The van der Waals surface area contributed by atoms with E-state index in [-0.39, 0.29) is 0 Å². The highest BCUT2D eigenvalue weighted by Gasteiger charge is 2.20. The largest absolute Gasteiger partial charge is 0.497 e. The summed E-state index contributed by atoms with van der Waals surface area (Å²) in [6, 6.07) is 8.11. The quantitative estimate of drug-likeness (QED) is 0.581. The maximum absolute atomic E-state index is 12.1. The number of methoxy groups -OCH3 is 1. The highest BCUT2D eigenvalue weighted by molar-refractivity contribution is 9.09. The van der Waals surface area contributed by atoms with Crippen LogP contribution in [0.5, 0.6) is 5.75 Å². The van der Waals surface area contributed by atoms with Gasteiger partial charge in [-0.1, -0.05) is 15.9 Å². The Morgan fingerprint density at radius 3 is 2.38 bits per heavy atom. The van der Waals surface area contributed by atoms with Gasteiger partial charge in [0, 0.05) is 43.6 Å². The fraction of sp³-hybridized carbons (Fsp3) is 0.562. The van der Waals surface area contributed by atoms with Crippen LogP contribution in [0.1, 0.15) is 19.3 Å². The monoisotopic (exact) mass is 354 g/mol. The van der Waals surface area contributed by atoms with Gasteiger partial charge in [-0.05, 0) is 37.1 Å². The van der Waals surface area contributed by atoms with Gasteiger partial charge in [0.15, 0.2) is 0 Å². The molecular formula is C16H23BrN2O2. The molecule has 0 aromatic heterocycles. The number of piperazine rings is 1. The van der Waals surface area contributed by atoms with Gasteiger partial charge in [-0.3, -0.25) is 4.79 Å². The molecule has 0 spiro atoms. The van der Waals surface area contributed by atoms with Gasteiger partial charge < -0.3 is 14.5 Å². The standard InChI is InChI=1S/C16H23BrN2O2/c1-21-15-7-5-14(6-8-15)18-10-12-19(13-11-18)16(20)4-2-3-9-17/h5-8H,2-4,9-13H2,1H3.